The van der Waals surface area contributed by atoms with E-state index in [0.29, 0.717) is 17.5 Å². The van der Waals surface area contributed by atoms with Crippen LogP contribution in [0.3, 0.4) is 0 Å². The van der Waals surface area contributed by atoms with Crippen molar-refractivity contribution in [2.45, 2.75) is 85.7 Å². The zero-order chi connectivity index (χ0) is 15.2. The Bertz CT molecular complexity index is 252. The average molecular weight is 283 g/mol. The minimum atomic E-state index is 0.510. The summed E-state index contributed by atoms with van der Waals surface area (Å²) in [5, 5.41) is 3.73. The van der Waals surface area contributed by atoms with Gasteiger partial charge in [0.2, 0.25) is 0 Å². The van der Waals surface area contributed by atoms with Crippen molar-refractivity contribution in [3.8, 4) is 0 Å². The van der Waals surface area contributed by atoms with Crippen molar-refractivity contribution in [3.63, 3.8) is 0 Å². The highest BCUT2D eigenvalue weighted by molar-refractivity contribution is 4.90. The molecule has 0 atom stereocenters. The molecule has 120 valence electrons. The van der Waals surface area contributed by atoms with Crippen LogP contribution in [0, 0.1) is 11.3 Å². The van der Waals surface area contributed by atoms with Gasteiger partial charge in [-0.1, -0.05) is 40.5 Å². The largest absolute Gasteiger partial charge is 0.314 e. The minimum absolute atomic E-state index is 0.510. The van der Waals surface area contributed by atoms with Crippen molar-refractivity contribution >= 4 is 0 Å². The summed E-state index contributed by atoms with van der Waals surface area (Å²) in [5.74, 6) is 0.931. The SMILES string of the molecule is CCCN(CC1(CNC(C)C)CCC(C)CC1)C(C)C. The van der Waals surface area contributed by atoms with E-state index in [-0.39, 0.29) is 0 Å². The van der Waals surface area contributed by atoms with Crippen molar-refractivity contribution in [2.75, 3.05) is 19.6 Å². The zero-order valence-corrected chi connectivity index (χ0v) is 14.8. The Hall–Kier alpha value is -0.0800. The molecule has 0 heterocycles. The maximum atomic E-state index is 3.73. The summed E-state index contributed by atoms with van der Waals surface area (Å²) in [6.07, 6.45) is 6.90. The number of hydrogen-bond donors (Lipinski definition) is 1. The molecule has 0 radical (unpaired) electrons. The summed E-state index contributed by atoms with van der Waals surface area (Å²) in [4.78, 5) is 2.71. The van der Waals surface area contributed by atoms with Crippen LogP contribution in [0.25, 0.3) is 0 Å². The fourth-order valence-electron chi connectivity index (χ4n) is 3.42. The fourth-order valence-corrected chi connectivity index (χ4v) is 3.42. The molecule has 0 aromatic carbocycles. The predicted molar refractivity (Wildman–Crippen MR) is 90.2 cm³/mol. The third-order valence-corrected chi connectivity index (χ3v) is 5.00. The molecule has 0 unspecified atom stereocenters. The molecule has 1 rings (SSSR count). The Labute approximate surface area is 127 Å². The highest BCUT2D eigenvalue weighted by Gasteiger charge is 2.36. The number of nitrogens with zero attached hydrogens (tertiary/aromatic N) is 1. The van der Waals surface area contributed by atoms with Crippen molar-refractivity contribution in [1.29, 1.82) is 0 Å². The van der Waals surface area contributed by atoms with Crippen LogP contribution >= 0.6 is 0 Å². The first-order chi connectivity index (χ1) is 9.38. The van der Waals surface area contributed by atoms with Crippen LogP contribution in [0.2, 0.25) is 0 Å². The number of nitrogens with one attached hydrogen (secondary N) is 1. The van der Waals surface area contributed by atoms with E-state index >= 15 is 0 Å². The van der Waals surface area contributed by atoms with Gasteiger partial charge in [-0.2, -0.15) is 0 Å². The molecule has 0 bridgehead atoms. The summed E-state index contributed by atoms with van der Waals surface area (Å²) in [5.41, 5.74) is 0.510. The Morgan fingerprint density at radius 1 is 1.15 bits per heavy atom. The fraction of sp³-hybridized carbons (Fsp3) is 1.00. The van der Waals surface area contributed by atoms with Gasteiger partial charge in [0.15, 0.2) is 0 Å². The molecule has 1 fully saturated rings. The van der Waals surface area contributed by atoms with Gasteiger partial charge in [0.25, 0.3) is 0 Å². The van der Waals surface area contributed by atoms with E-state index in [1.54, 1.807) is 0 Å². The number of rotatable bonds is 8. The topological polar surface area (TPSA) is 15.3 Å². The van der Waals surface area contributed by atoms with Crippen LogP contribution in [0.1, 0.15) is 73.6 Å². The molecular formula is C18H38N2. The monoisotopic (exact) mass is 282 g/mol. The highest BCUT2D eigenvalue weighted by atomic mass is 15.2. The molecule has 0 spiro atoms. The lowest BCUT2D eigenvalue weighted by molar-refractivity contribution is 0.0688. The molecule has 0 aliphatic heterocycles. The summed E-state index contributed by atoms with van der Waals surface area (Å²) in [7, 11) is 0. The average Bonchev–Trinajstić information content (AvgIpc) is 2.39. The Morgan fingerprint density at radius 2 is 1.75 bits per heavy atom. The van der Waals surface area contributed by atoms with Gasteiger partial charge in [-0.05, 0) is 51.0 Å². The summed E-state index contributed by atoms with van der Waals surface area (Å²) < 4.78 is 0. The molecule has 0 saturated heterocycles. The standard InChI is InChI=1S/C18H38N2/c1-7-12-20(16(4)5)14-18(13-19-15(2)3)10-8-17(6)9-11-18/h15-17,19H,7-14H2,1-6H3. The summed E-state index contributed by atoms with van der Waals surface area (Å²) in [6, 6.07) is 1.27. The maximum absolute atomic E-state index is 3.73. The van der Waals surface area contributed by atoms with Crippen molar-refractivity contribution < 1.29 is 0 Å². The van der Waals surface area contributed by atoms with Crippen molar-refractivity contribution in [3.05, 3.63) is 0 Å². The molecule has 1 aliphatic rings. The van der Waals surface area contributed by atoms with E-state index in [2.05, 4.69) is 51.8 Å². The van der Waals surface area contributed by atoms with Gasteiger partial charge in [-0.25, -0.2) is 0 Å². The van der Waals surface area contributed by atoms with Crippen LogP contribution in [0.15, 0.2) is 0 Å². The minimum Gasteiger partial charge on any atom is -0.314 e. The van der Waals surface area contributed by atoms with Gasteiger partial charge >= 0.3 is 0 Å². The molecule has 1 N–H and O–H groups in total. The number of hydrogen-bond acceptors (Lipinski definition) is 2. The first kappa shape index (κ1) is 18.0. The summed E-state index contributed by atoms with van der Waals surface area (Å²) in [6.45, 7) is 17.7. The van der Waals surface area contributed by atoms with E-state index in [1.807, 2.05) is 0 Å². The van der Waals surface area contributed by atoms with E-state index in [0.717, 1.165) is 5.92 Å². The molecule has 2 heteroatoms. The van der Waals surface area contributed by atoms with Gasteiger partial charge in [-0.3, -0.25) is 0 Å². The lowest BCUT2D eigenvalue weighted by atomic mass is 9.70. The third-order valence-electron chi connectivity index (χ3n) is 5.00. The van der Waals surface area contributed by atoms with Gasteiger partial charge in [0, 0.05) is 25.2 Å². The molecule has 2 nitrogen and oxygen atoms in total. The van der Waals surface area contributed by atoms with Gasteiger partial charge in [0.1, 0.15) is 0 Å². The van der Waals surface area contributed by atoms with Gasteiger partial charge < -0.3 is 10.2 Å². The highest BCUT2D eigenvalue weighted by Crippen LogP contribution is 2.39. The predicted octanol–water partition coefficient (Wildman–Crippen LogP) is 4.30. The Balaban J connectivity index is 2.70. The first-order valence-corrected chi connectivity index (χ1v) is 8.86. The molecule has 0 aromatic heterocycles. The normalized spacial score (nSPS) is 27.8. The third kappa shape index (κ3) is 5.73. The molecule has 0 amide bonds. The molecule has 1 aliphatic carbocycles. The lowest BCUT2D eigenvalue weighted by Gasteiger charge is -2.44. The first-order valence-electron chi connectivity index (χ1n) is 8.86. The quantitative estimate of drug-likeness (QED) is 0.714. The van der Waals surface area contributed by atoms with Gasteiger partial charge in [-0.15, -0.1) is 0 Å². The van der Waals surface area contributed by atoms with Crippen molar-refractivity contribution in [2.24, 2.45) is 11.3 Å². The second-order valence-corrected chi connectivity index (χ2v) is 7.78. The van der Waals surface area contributed by atoms with E-state index in [1.165, 1.54) is 51.7 Å². The summed E-state index contributed by atoms with van der Waals surface area (Å²) >= 11 is 0. The van der Waals surface area contributed by atoms with Gasteiger partial charge in [0.05, 0.1) is 0 Å². The molecular weight excluding hydrogens is 244 g/mol. The second kappa shape index (κ2) is 8.38. The van der Waals surface area contributed by atoms with Crippen LogP contribution in [-0.4, -0.2) is 36.6 Å². The van der Waals surface area contributed by atoms with E-state index in [4.69, 9.17) is 0 Å². The zero-order valence-electron chi connectivity index (χ0n) is 14.8. The maximum Gasteiger partial charge on any atom is 0.00528 e. The van der Waals surface area contributed by atoms with E-state index in [9.17, 15) is 0 Å². The van der Waals surface area contributed by atoms with Crippen LogP contribution in [0.5, 0.6) is 0 Å². The van der Waals surface area contributed by atoms with Crippen molar-refractivity contribution in [1.82, 2.24) is 10.2 Å². The molecule has 1 saturated carbocycles. The molecule has 20 heavy (non-hydrogen) atoms. The Morgan fingerprint density at radius 3 is 2.20 bits per heavy atom. The van der Waals surface area contributed by atoms with Crippen LogP contribution < -0.4 is 5.32 Å². The van der Waals surface area contributed by atoms with Crippen LogP contribution in [0.4, 0.5) is 0 Å². The molecule has 0 aromatic rings. The second-order valence-electron chi connectivity index (χ2n) is 7.78. The van der Waals surface area contributed by atoms with Crippen LogP contribution in [-0.2, 0) is 0 Å². The Kier molecular flexibility index (Phi) is 7.53. The smallest absolute Gasteiger partial charge is 0.00528 e. The van der Waals surface area contributed by atoms with E-state index < -0.39 is 0 Å². The lowest BCUT2D eigenvalue weighted by Crippen LogP contribution is -2.49.